The van der Waals surface area contributed by atoms with Crippen LogP contribution in [0.1, 0.15) is 36.9 Å². The highest BCUT2D eigenvalue weighted by Crippen LogP contribution is 2.17. The van der Waals surface area contributed by atoms with Crippen molar-refractivity contribution in [3.8, 4) is 5.69 Å². The largest absolute Gasteiger partial charge is 0.344 e. The van der Waals surface area contributed by atoms with Gasteiger partial charge in [0.05, 0.1) is 18.3 Å². The normalized spacial score (nSPS) is 14.8. The number of hydrazone groups is 1. The Bertz CT molecular complexity index is 1090. The second-order valence-corrected chi connectivity index (χ2v) is 7.25. The first-order chi connectivity index (χ1) is 15.0. The molecule has 0 spiro atoms. The number of hydrogen-bond acceptors (Lipinski definition) is 5. The van der Waals surface area contributed by atoms with Crippen LogP contribution in [0.5, 0.6) is 0 Å². The standard InChI is InChI=1S/C22H21FN6O2/c1-15(17-4-8-19(9-5-17)29-14-24-13-25-29)26-22(31)20-10-11-21(30)28(27-20)12-16-2-6-18(23)7-3-16/h2-9,13-15H,10-12H2,1H3,(H,26,31). The third-order valence-electron chi connectivity index (χ3n) is 5.04. The lowest BCUT2D eigenvalue weighted by Crippen LogP contribution is -2.39. The summed E-state index contributed by atoms with van der Waals surface area (Å²) in [6.07, 6.45) is 3.56. The molecule has 3 aromatic rings. The minimum atomic E-state index is -0.347. The van der Waals surface area contributed by atoms with E-state index in [4.69, 9.17) is 0 Å². The molecule has 1 atom stereocenters. The van der Waals surface area contributed by atoms with Crippen LogP contribution in [0.2, 0.25) is 0 Å². The van der Waals surface area contributed by atoms with E-state index in [2.05, 4.69) is 20.5 Å². The van der Waals surface area contributed by atoms with Crippen LogP contribution < -0.4 is 5.32 Å². The van der Waals surface area contributed by atoms with Crippen LogP contribution in [0.3, 0.4) is 0 Å². The molecule has 1 unspecified atom stereocenters. The summed E-state index contributed by atoms with van der Waals surface area (Å²) in [6.45, 7) is 2.07. The van der Waals surface area contributed by atoms with Gasteiger partial charge in [-0.25, -0.2) is 19.1 Å². The molecule has 2 aromatic carbocycles. The fourth-order valence-electron chi connectivity index (χ4n) is 3.27. The number of hydrogen-bond donors (Lipinski definition) is 1. The molecule has 1 aliphatic rings. The van der Waals surface area contributed by atoms with E-state index in [0.29, 0.717) is 5.71 Å². The van der Waals surface area contributed by atoms with E-state index in [1.807, 2.05) is 31.2 Å². The summed E-state index contributed by atoms with van der Waals surface area (Å²) in [5, 5.41) is 12.5. The zero-order valence-corrected chi connectivity index (χ0v) is 16.9. The first-order valence-electron chi connectivity index (χ1n) is 9.88. The van der Waals surface area contributed by atoms with Crippen LogP contribution in [-0.2, 0) is 16.1 Å². The van der Waals surface area contributed by atoms with Crippen molar-refractivity contribution >= 4 is 17.5 Å². The third-order valence-corrected chi connectivity index (χ3v) is 5.04. The molecule has 0 bridgehead atoms. The van der Waals surface area contributed by atoms with Gasteiger partial charge in [0.25, 0.3) is 5.91 Å². The van der Waals surface area contributed by atoms with Crippen LogP contribution in [0, 0.1) is 5.82 Å². The molecule has 1 N–H and O–H groups in total. The van der Waals surface area contributed by atoms with Crippen LogP contribution in [0.4, 0.5) is 4.39 Å². The van der Waals surface area contributed by atoms with Crippen molar-refractivity contribution in [3.63, 3.8) is 0 Å². The molecule has 0 saturated carbocycles. The van der Waals surface area contributed by atoms with Gasteiger partial charge in [0.2, 0.25) is 5.91 Å². The van der Waals surface area contributed by atoms with Crippen molar-refractivity contribution in [2.75, 3.05) is 0 Å². The number of halogens is 1. The van der Waals surface area contributed by atoms with Gasteiger partial charge in [-0.05, 0) is 42.3 Å². The maximum Gasteiger partial charge on any atom is 0.267 e. The molecule has 31 heavy (non-hydrogen) atoms. The highest BCUT2D eigenvalue weighted by atomic mass is 19.1. The quantitative estimate of drug-likeness (QED) is 0.664. The van der Waals surface area contributed by atoms with Gasteiger partial charge in [0.1, 0.15) is 24.2 Å². The predicted octanol–water partition coefficient (Wildman–Crippen LogP) is 2.76. The number of amides is 2. The topological polar surface area (TPSA) is 92.5 Å². The zero-order chi connectivity index (χ0) is 21.8. The summed E-state index contributed by atoms with van der Waals surface area (Å²) in [5.41, 5.74) is 2.83. The number of benzene rings is 2. The minimum Gasteiger partial charge on any atom is -0.344 e. The molecule has 4 rings (SSSR count). The van der Waals surface area contributed by atoms with Crippen molar-refractivity contribution in [1.29, 1.82) is 0 Å². The number of nitrogens with zero attached hydrogens (tertiary/aromatic N) is 5. The molecule has 8 nitrogen and oxygen atoms in total. The molecule has 2 heterocycles. The number of aromatic nitrogens is 3. The summed E-state index contributed by atoms with van der Waals surface area (Å²) in [7, 11) is 0. The number of carbonyl (C=O) groups excluding carboxylic acids is 2. The SMILES string of the molecule is CC(NC(=O)C1=NN(Cc2ccc(F)cc2)C(=O)CC1)c1ccc(-n2cncn2)cc1. The maximum absolute atomic E-state index is 13.1. The Labute approximate surface area is 178 Å². The minimum absolute atomic E-state index is 0.169. The Hall–Kier alpha value is -3.88. The Balaban J connectivity index is 1.41. The highest BCUT2D eigenvalue weighted by molar-refractivity contribution is 6.39. The fraction of sp³-hybridized carbons (Fsp3) is 0.227. The molecular formula is C22H21FN6O2. The number of nitrogens with one attached hydrogen (secondary N) is 1. The van der Waals surface area contributed by atoms with E-state index in [-0.39, 0.29) is 43.1 Å². The average Bonchev–Trinajstić information content (AvgIpc) is 3.32. The Kier molecular flexibility index (Phi) is 5.83. The summed E-state index contributed by atoms with van der Waals surface area (Å²) in [5.74, 6) is -0.831. The first kappa shape index (κ1) is 20.4. The van der Waals surface area contributed by atoms with Crippen LogP contribution in [0.25, 0.3) is 5.69 Å². The van der Waals surface area contributed by atoms with Crippen molar-refractivity contribution in [2.45, 2.75) is 32.4 Å². The summed E-state index contributed by atoms with van der Waals surface area (Å²) < 4.78 is 14.7. The maximum atomic E-state index is 13.1. The van der Waals surface area contributed by atoms with Gasteiger partial charge in [-0.3, -0.25) is 9.59 Å². The van der Waals surface area contributed by atoms with Gasteiger partial charge in [-0.1, -0.05) is 24.3 Å². The highest BCUT2D eigenvalue weighted by Gasteiger charge is 2.25. The van der Waals surface area contributed by atoms with Crippen molar-refractivity contribution in [1.82, 2.24) is 25.1 Å². The van der Waals surface area contributed by atoms with E-state index in [1.165, 1.54) is 23.5 Å². The second kappa shape index (κ2) is 8.86. The van der Waals surface area contributed by atoms with Crippen LogP contribution in [-0.4, -0.2) is 37.3 Å². The molecule has 1 aromatic heterocycles. The lowest BCUT2D eigenvalue weighted by Gasteiger charge is -2.24. The smallest absolute Gasteiger partial charge is 0.267 e. The van der Waals surface area contributed by atoms with Gasteiger partial charge in [0, 0.05) is 12.8 Å². The average molecular weight is 420 g/mol. The number of rotatable bonds is 6. The van der Waals surface area contributed by atoms with E-state index in [9.17, 15) is 14.0 Å². The molecule has 2 amide bonds. The third kappa shape index (κ3) is 4.82. The van der Waals surface area contributed by atoms with E-state index < -0.39 is 0 Å². The predicted molar refractivity (Wildman–Crippen MR) is 112 cm³/mol. The van der Waals surface area contributed by atoms with Crippen molar-refractivity contribution in [3.05, 3.63) is 78.1 Å². The molecule has 1 aliphatic heterocycles. The summed E-state index contributed by atoms with van der Waals surface area (Å²) in [6, 6.07) is 13.2. The van der Waals surface area contributed by atoms with E-state index in [1.54, 1.807) is 23.1 Å². The molecule has 0 aliphatic carbocycles. The lowest BCUT2D eigenvalue weighted by molar-refractivity contribution is -0.132. The Morgan fingerprint density at radius 1 is 1.13 bits per heavy atom. The first-order valence-corrected chi connectivity index (χ1v) is 9.88. The van der Waals surface area contributed by atoms with Gasteiger partial charge in [0.15, 0.2) is 0 Å². The van der Waals surface area contributed by atoms with Crippen molar-refractivity contribution in [2.24, 2.45) is 5.10 Å². The molecule has 0 saturated heterocycles. The van der Waals surface area contributed by atoms with Crippen LogP contribution >= 0.6 is 0 Å². The van der Waals surface area contributed by atoms with Gasteiger partial charge in [-0.2, -0.15) is 10.2 Å². The van der Waals surface area contributed by atoms with Gasteiger partial charge >= 0.3 is 0 Å². The molecule has 0 radical (unpaired) electrons. The van der Waals surface area contributed by atoms with Gasteiger partial charge in [-0.15, -0.1) is 0 Å². The lowest BCUT2D eigenvalue weighted by atomic mass is 10.1. The fourth-order valence-corrected chi connectivity index (χ4v) is 3.27. The Morgan fingerprint density at radius 3 is 2.55 bits per heavy atom. The molecule has 158 valence electrons. The number of carbonyl (C=O) groups is 2. The van der Waals surface area contributed by atoms with Gasteiger partial charge < -0.3 is 5.32 Å². The van der Waals surface area contributed by atoms with E-state index in [0.717, 1.165) is 16.8 Å². The monoisotopic (exact) mass is 420 g/mol. The van der Waals surface area contributed by atoms with Crippen LogP contribution in [0.15, 0.2) is 66.3 Å². The molecule has 0 fully saturated rings. The van der Waals surface area contributed by atoms with E-state index >= 15 is 0 Å². The summed E-state index contributed by atoms with van der Waals surface area (Å²) in [4.78, 5) is 28.9. The Morgan fingerprint density at radius 2 is 1.87 bits per heavy atom. The molecule has 9 heteroatoms. The molecular weight excluding hydrogens is 399 g/mol. The zero-order valence-electron chi connectivity index (χ0n) is 16.9. The van der Waals surface area contributed by atoms with Crippen molar-refractivity contribution < 1.29 is 14.0 Å². The second-order valence-electron chi connectivity index (χ2n) is 7.25. The summed E-state index contributed by atoms with van der Waals surface area (Å²) >= 11 is 0.